The van der Waals surface area contributed by atoms with Crippen molar-refractivity contribution in [3.05, 3.63) is 58.7 Å². The number of rotatable bonds is 3. The van der Waals surface area contributed by atoms with Crippen LogP contribution in [0.3, 0.4) is 0 Å². The van der Waals surface area contributed by atoms with Gasteiger partial charge in [-0.15, -0.1) is 0 Å². The zero-order valence-electron chi connectivity index (χ0n) is 13.2. The number of hydrogen-bond donors (Lipinski definition) is 1. The number of amides is 1. The van der Waals surface area contributed by atoms with Gasteiger partial charge in [-0.05, 0) is 43.2 Å². The van der Waals surface area contributed by atoms with E-state index in [-0.39, 0.29) is 17.0 Å². The van der Waals surface area contributed by atoms with E-state index in [1.807, 2.05) is 32.0 Å². The molecule has 0 atom stereocenters. The first-order valence-electron chi connectivity index (χ1n) is 7.27. The zero-order chi connectivity index (χ0) is 17.6. The van der Waals surface area contributed by atoms with Gasteiger partial charge in [-0.1, -0.05) is 23.8 Å². The Kier molecular flexibility index (Phi) is 3.77. The summed E-state index contributed by atoms with van der Waals surface area (Å²) in [6.45, 7) is 4.13. The third-order valence-electron chi connectivity index (χ3n) is 4.10. The summed E-state index contributed by atoms with van der Waals surface area (Å²) in [7, 11) is -3.94. The van der Waals surface area contributed by atoms with Crippen LogP contribution in [0.2, 0.25) is 0 Å². The van der Waals surface area contributed by atoms with Gasteiger partial charge in [0.1, 0.15) is 0 Å². The van der Waals surface area contributed by atoms with Crippen molar-refractivity contribution in [2.45, 2.75) is 25.3 Å². The molecule has 24 heavy (non-hydrogen) atoms. The third-order valence-corrected chi connectivity index (χ3v) is 5.02. The third kappa shape index (κ3) is 2.72. The molecule has 0 aromatic heterocycles. The number of nitrogens with two attached hydrogens (primary N) is 1. The van der Waals surface area contributed by atoms with Crippen molar-refractivity contribution in [2.75, 3.05) is 4.90 Å². The lowest BCUT2D eigenvalue weighted by Crippen LogP contribution is -2.29. The van der Waals surface area contributed by atoms with E-state index in [1.54, 1.807) is 0 Å². The van der Waals surface area contributed by atoms with Crippen LogP contribution in [0.15, 0.2) is 41.3 Å². The summed E-state index contributed by atoms with van der Waals surface area (Å²) in [5.74, 6) is -1.39. The Balaban J connectivity index is 2.05. The Hall–Kier alpha value is -2.51. The van der Waals surface area contributed by atoms with Crippen molar-refractivity contribution in [1.82, 2.24) is 0 Å². The normalized spacial score (nSPS) is 14.2. The summed E-state index contributed by atoms with van der Waals surface area (Å²) in [5.41, 5.74) is 3.46. The SMILES string of the molecule is Cc1ccc(C)c(CN2C(=O)C(=O)c3cc(S(N)(=O)=O)ccc32)c1. The fourth-order valence-corrected chi connectivity index (χ4v) is 3.29. The van der Waals surface area contributed by atoms with E-state index in [9.17, 15) is 18.0 Å². The van der Waals surface area contributed by atoms with Gasteiger partial charge in [-0.3, -0.25) is 9.59 Å². The lowest BCUT2D eigenvalue weighted by molar-refractivity contribution is -0.114. The van der Waals surface area contributed by atoms with Gasteiger partial charge in [0.2, 0.25) is 10.0 Å². The highest BCUT2D eigenvalue weighted by Gasteiger charge is 2.36. The molecular weight excluding hydrogens is 328 g/mol. The predicted molar refractivity (Wildman–Crippen MR) is 89.3 cm³/mol. The number of sulfonamides is 1. The molecule has 1 amide bonds. The van der Waals surface area contributed by atoms with Crippen LogP contribution >= 0.6 is 0 Å². The number of primary sulfonamides is 1. The maximum Gasteiger partial charge on any atom is 0.299 e. The van der Waals surface area contributed by atoms with Crippen LogP contribution in [0, 0.1) is 13.8 Å². The highest BCUT2D eigenvalue weighted by atomic mass is 32.2. The lowest BCUT2D eigenvalue weighted by Gasteiger charge is -2.18. The predicted octanol–water partition coefficient (Wildman–Crippen LogP) is 1.68. The standard InChI is InChI=1S/C17H16N2O4S/c1-10-3-4-11(2)12(7-10)9-19-15-6-5-13(24(18,22)23)8-14(15)16(20)17(19)21/h3-8H,9H2,1-2H3,(H2,18,22,23). The number of nitrogens with zero attached hydrogens (tertiary/aromatic N) is 1. The first-order valence-corrected chi connectivity index (χ1v) is 8.82. The molecule has 0 radical (unpaired) electrons. The summed E-state index contributed by atoms with van der Waals surface area (Å²) < 4.78 is 22.9. The molecule has 0 saturated heterocycles. The fourth-order valence-electron chi connectivity index (χ4n) is 2.75. The Morgan fingerprint density at radius 3 is 2.42 bits per heavy atom. The molecule has 2 aromatic carbocycles. The molecule has 1 aliphatic rings. The molecular formula is C17H16N2O4S. The molecule has 2 N–H and O–H groups in total. The highest BCUT2D eigenvalue weighted by Crippen LogP contribution is 2.32. The van der Waals surface area contributed by atoms with Crippen molar-refractivity contribution in [3.63, 3.8) is 0 Å². The Labute approximate surface area is 139 Å². The number of fused-ring (bicyclic) bond motifs is 1. The molecule has 6 nitrogen and oxygen atoms in total. The second-order valence-corrected chi connectivity index (χ2v) is 7.44. The Morgan fingerprint density at radius 1 is 1.04 bits per heavy atom. The first-order chi connectivity index (χ1) is 11.2. The van der Waals surface area contributed by atoms with Crippen molar-refractivity contribution in [3.8, 4) is 0 Å². The van der Waals surface area contributed by atoms with Gasteiger partial charge in [-0.2, -0.15) is 0 Å². The number of hydrogen-bond acceptors (Lipinski definition) is 4. The molecule has 0 aliphatic carbocycles. The number of benzene rings is 2. The summed E-state index contributed by atoms with van der Waals surface area (Å²) in [6.07, 6.45) is 0. The van der Waals surface area contributed by atoms with Crippen molar-refractivity contribution in [2.24, 2.45) is 5.14 Å². The maximum atomic E-state index is 12.3. The number of carbonyl (C=O) groups is 2. The van der Waals surface area contributed by atoms with E-state index in [2.05, 4.69) is 0 Å². The maximum absolute atomic E-state index is 12.3. The molecule has 0 bridgehead atoms. The van der Waals surface area contributed by atoms with Crippen molar-refractivity contribution in [1.29, 1.82) is 0 Å². The van der Waals surface area contributed by atoms with Gasteiger partial charge < -0.3 is 4.90 Å². The minimum atomic E-state index is -3.94. The topological polar surface area (TPSA) is 97.5 Å². The van der Waals surface area contributed by atoms with E-state index in [4.69, 9.17) is 5.14 Å². The van der Waals surface area contributed by atoms with Gasteiger partial charge in [0.15, 0.2) is 0 Å². The van der Waals surface area contributed by atoms with Gasteiger partial charge in [0, 0.05) is 0 Å². The number of Topliss-reactive ketones (excluding diaryl/α,β-unsaturated/α-hetero) is 1. The summed E-state index contributed by atoms with van der Waals surface area (Å²) in [5, 5.41) is 5.09. The minimum absolute atomic E-state index is 0.0665. The van der Waals surface area contributed by atoms with Crippen LogP contribution < -0.4 is 10.0 Å². The van der Waals surface area contributed by atoms with E-state index in [0.717, 1.165) is 22.8 Å². The van der Waals surface area contributed by atoms with Crippen LogP contribution in [0.25, 0.3) is 0 Å². The van der Waals surface area contributed by atoms with Gasteiger partial charge >= 0.3 is 0 Å². The molecule has 0 saturated carbocycles. The molecule has 7 heteroatoms. The second-order valence-electron chi connectivity index (χ2n) is 5.87. The van der Waals surface area contributed by atoms with Gasteiger partial charge in [-0.25, -0.2) is 13.6 Å². The Bertz CT molecular complexity index is 980. The summed E-state index contributed by atoms with van der Waals surface area (Å²) in [6, 6.07) is 9.80. The molecule has 124 valence electrons. The van der Waals surface area contributed by atoms with Crippen LogP contribution in [0.1, 0.15) is 27.0 Å². The monoisotopic (exact) mass is 344 g/mol. The fraction of sp³-hybridized carbons (Fsp3) is 0.176. The molecule has 0 fully saturated rings. The van der Waals surface area contributed by atoms with Crippen molar-refractivity contribution < 1.29 is 18.0 Å². The van der Waals surface area contributed by atoms with E-state index in [0.29, 0.717) is 5.69 Å². The minimum Gasteiger partial charge on any atom is -0.300 e. The van der Waals surface area contributed by atoms with Crippen LogP contribution in [0.5, 0.6) is 0 Å². The molecule has 1 heterocycles. The molecule has 0 spiro atoms. The summed E-state index contributed by atoms with van der Waals surface area (Å²) in [4.78, 5) is 25.7. The second kappa shape index (κ2) is 5.54. The average Bonchev–Trinajstić information content (AvgIpc) is 2.75. The van der Waals surface area contributed by atoms with Crippen LogP contribution in [0.4, 0.5) is 5.69 Å². The average molecular weight is 344 g/mol. The smallest absolute Gasteiger partial charge is 0.299 e. The highest BCUT2D eigenvalue weighted by molar-refractivity contribution is 7.89. The molecule has 0 unspecified atom stereocenters. The molecule has 2 aromatic rings. The number of ketones is 1. The quantitative estimate of drug-likeness (QED) is 0.857. The number of anilines is 1. The summed E-state index contributed by atoms with van der Waals surface area (Å²) >= 11 is 0. The van der Waals surface area contributed by atoms with Crippen LogP contribution in [-0.4, -0.2) is 20.1 Å². The van der Waals surface area contributed by atoms with Gasteiger partial charge in [0.25, 0.3) is 11.7 Å². The largest absolute Gasteiger partial charge is 0.300 e. The van der Waals surface area contributed by atoms with Gasteiger partial charge in [0.05, 0.1) is 22.7 Å². The number of aryl methyl sites for hydroxylation is 2. The molecule has 3 rings (SSSR count). The van der Waals surface area contributed by atoms with E-state index >= 15 is 0 Å². The molecule has 1 aliphatic heterocycles. The zero-order valence-corrected chi connectivity index (χ0v) is 14.1. The van der Waals surface area contributed by atoms with E-state index < -0.39 is 21.7 Å². The van der Waals surface area contributed by atoms with Crippen LogP contribution in [-0.2, 0) is 21.4 Å². The van der Waals surface area contributed by atoms with Crippen molar-refractivity contribution >= 4 is 27.4 Å². The number of carbonyl (C=O) groups excluding carboxylic acids is 2. The Morgan fingerprint density at radius 2 is 1.75 bits per heavy atom. The first kappa shape index (κ1) is 16.4. The lowest BCUT2D eigenvalue weighted by atomic mass is 10.1. The van der Waals surface area contributed by atoms with E-state index in [1.165, 1.54) is 17.0 Å².